The molecule has 0 aliphatic rings. The summed E-state index contributed by atoms with van der Waals surface area (Å²) in [6, 6.07) is 0.771. The van der Waals surface area contributed by atoms with E-state index in [4.69, 9.17) is 5.73 Å². The molecular formula is C11H15N3O3S. The zero-order chi connectivity index (χ0) is 13.7. The number of hydrogen-bond acceptors (Lipinski definition) is 4. The average Bonchev–Trinajstić information content (AvgIpc) is 2.73. The standard InChI is InChI=1S/C11H15N3O3S/c1-6-3-8(18-5-6)11(17)14-7(4-9(12)15)10(16)13-2/h3,5,7H,4H2,1-2H3,(H2,12,15)(H,13,16)(H,14,17)/t7-/m0/s1. The van der Waals surface area contributed by atoms with Crippen molar-refractivity contribution in [1.82, 2.24) is 10.6 Å². The van der Waals surface area contributed by atoms with E-state index in [1.807, 2.05) is 12.3 Å². The first kappa shape index (κ1) is 14.2. The molecule has 1 atom stereocenters. The van der Waals surface area contributed by atoms with Crippen molar-refractivity contribution in [2.24, 2.45) is 5.73 Å². The molecule has 0 bridgehead atoms. The van der Waals surface area contributed by atoms with Crippen molar-refractivity contribution in [3.8, 4) is 0 Å². The van der Waals surface area contributed by atoms with Gasteiger partial charge in [-0.25, -0.2) is 0 Å². The van der Waals surface area contributed by atoms with Crippen molar-refractivity contribution in [3.63, 3.8) is 0 Å². The summed E-state index contributed by atoms with van der Waals surface area (Å²) >= 11 is 1.28. The third kappa shape index (κ3) is 3.85. The first-order chi connectivity index (χ1) is 8.43. The second kappa shape index (κ2) is 6.15. The van der Waals surface area contributed by atoms with E-state index in [9.17, 15) is 14.4 Å². The second-order valence-corrected chi connectivity index (χ2v) is 4.71. The Morgan fingerprint density at radius 1 is 1.44 bits per heavy atom. The predicted molar refractivity (Wildman–Crippen MR) is 68.2 cm³/mol. The summed E-state index contributed by atoms with van der Waals surface area (Å²) in [5, 5.41) is 6.69. The normalized spacial score (nSPS) is 11.7. The van der Waals surface area contributed by atoms with Gasteiger partial charge < -0.3 is 16.4 Å². The van der Waals surface area contributed by atoms with E-state index < -0.39 is 17.9 Å². The third-order valence-electron chi connectivity index (χ3n) is 2.23. The highest BCUT2D eigenvalue weighted by Gasteiger charge is 2.22. The first-order valence-electron chi connectivity index (χ1n) is 5.30. The summed E-state index contributed by atoms with van der Waals surface area (Å²) in [7, 11) is 1.43. The number of primary amides is 1. The van der Waals surface area contributed by atoms with Crippen LogP contribution in [0, 0.1) is 6.92 Å². The van der Waals surface area contributed by atoms with Crippen LogP contribution in [0.25, 0.3) is 0 Å². The van der Waals surface area contributed by atoms with Crippen molar-refractivity contribution in [2.75, 3.05) is 7.05 Å². The Balaban J connectivity index is 2.74. The second-order valence-electron chi connectivity index (χ2n) is 3.80. The van der Waals surface area contributed by atoms with Crippen LogP contribution in [0.3, 0.4) is 0 Å². The topological polar surface area (TPSA) is 101 Å². The zero-order valence-corrected chi connectivity index (χ0v) is 11.0. The molecule has 0 fully saturated rings. The van der Waals surface area contributed by atoms with Crippen LogP contribution in [-0.4, -0.2) is 30.8 Å². The molecule has 6 nitrogen and oxygen atoms in total. The van der Waals surface area contributed by atoms with Crippen molar-refractivity contribution in [3.05, 3.63) is 21.9 Å². The quantitative estimate of drug-likeness (QED) is 0.688. The number of thiophene rings is 1. The summed E-state index contributed by atoms with van der Waals surface area (Å²) in [6.45, 7) is 1.87. The van der Waals surface area contributed by atoms with Crippen molar-refractivity contribution in [1.29, 1.82) is 0 Å². The molecule has 98 valence electrons. The highest BCUT2D eigenvalue weighted by atomic mass is 32.1. The van der Waals surface area contributed by atoms with Gasteiger partial charge in [0.15, 0.2) is 0 Å². The zero-order valence-electron chi connectivity index (χ0n) is 10.1. The molecule has 18 heavy (non-hydrogen) atoms. The number of nitrogens with two attached hydrogens (primary N) is 1. The van der Waals surface area contributed by atoms with Crippen LogP contribution in [-0.2, 0) is 9.59 Å². The summed E-state index contributed by atoms with van der Waals surface area (Å²) in [5.41, 5.74) is 6.01. The van der Waals surface area contributed by atoms with E-state index in [1.165, 1.54) is 18.4 Å². The van der Waals surface area contributed by atoms with Gasteiger partial charge >= 0.3 is 0 Å². The number of carbonyl (C=O) groups excluding carboxylic acids is 3. The monoisotopic (exact) mass is 269 g/mol. The van der Waals surface area contributed by atoms with Gasteiger partial charge in [-0.05, 0) is 23.9 Å². The molecule has 4 N–H and O–H groups in total. The van der Waals surface area contributed by atoms with Crippen LogP contribution in [0.5, 0.6) is 0 Å². The lowest BCUT2D eigenvalue weighted by atomic mass is 10.2. The highest BCUT2D eigenvalue weighted by molar-refractivity contribution is 7.12. The maximum Gasteiger partial charge on any atom is 0.262 e. The van der Waals surface area contributed by atoms with Gasteiger partial charge in [0, 0.05) is 7.05 Å². The van der Waals surface area contributed by atoms with E-state index in [2.05, 4.69) is 10.6 Å². The van der Waals surface area contributed by atoms with Crippen molar-refractivity contribution < 1.29 is 14.4 Å². The van der Waals surface area contributed by atoms with Gasteiger partial charge in [0.05, 0.1) is 11.3 Å². The maximum atomic E-state index is 11.8. The molecule has 0 aromatic carbocycles. The maximum absolute atomic E-state index is 11.8. The van der Waals surface area contributed by atoms with Crippen LogP contribution in [0.4, 0.5) is 0 Å². The molecule has 1 rings (SSSR count). The SMILES string of the molecule is CNC(=O)[C@H](CC(N)=O)NC(=O)c1cc(C)cs1. The fraction of sp³-hybridized carbons (Fsp3) is 0.364. The number of carbonyl (C=O) groups is 3. The van der Waals surface area contributed by atoms with Gasteiger partial charge in [0.25, 0.3) is 5.91 Å². The van der Waals surface area contributed by atoms with Gasteiger partial charge in [-0.2, -0.15) is 0 Å². The number of aryl methyl sites for hydroxylation is 1. The fourth-order valence-corrected chi connectivity index (χ4v) is 2.17. The third-order valence-corrected chi connectivity index (χ3v) is 3.27. The molecular weight excluding hydrogens is 254 g/mol. The predicted octanol–water partition coefficient (Wildman–Crippen LogP) is -0.224. The molecule has 0 aliphatic heterocycles. The van der Waals surface area contributed by atoms with Crippen molar-refractivity contribution >= 4 is 29.1 Å². The molecule has 0 aliphatic carbocycles. The minimum Gasteiger partial charge on any atom is -0.370 e. The summed E-state index contributed by atoms with van der Waals surface area (Å²) in [4.78, 5) is 34.7. The minimum absolute atomic E-state index is 0.226. The van der Waals surface area contributed by atoms with Crippen LogP contribution in [0.2, 0.25) is 0 Å². The molecule has 3 amide bonds. The number of amides is 3. The Hall–Kier alpha value is -1.89. The molecule has 0 saturated carbocycles. The van der Waals surface area contributed by atoms with E-state index >= 15 is 0 Å². The molecule has 0 radical (unpaired) electrons. The van der Waals surface area contributed by atoms with E-state index in [0.717, 1.165) is 5.56 Å². The summed E-state index contributed by atoms with van der Waals surface area (Å²) in [6.07, 6.45) is -0.226. The lowest BCUT2D eigenvalue weighted by Crippen LogP contribution is -2.47. The first-order valence-corrected chi connectivity index (χ1v) is 6.18. The Morgan fingerprint density at radius 2 is 2.11 bits per heavy atom. The van der Waals surface area contributed by atoms with Crippen LogP contribution >= 0.6 is 11.3 Å². The molecule has 7 heteroatoms. The number of nitrogens with one attached hydrogen (secondary N) is 2. The van der Waals surface area contributed by atoms with Crippen molar-refractivity contribution in [2.45, 2.75) is 19.4 Å². The number of likely N-dealkylation sites (N-methyl/N-ethyl adjacent to an activating group) is 1. The molecule has 0 unspecified atom stereocenters. The largest absolute Gasteiger partial charge is 0.370 e. The summed E-state index contributed by atoms with van der Waals surface area (Å²) < 4.78 is 0. The average molecular weight is 269 g/mol. The van der Waals surface area contributed by atoms with Crippen LogP contribution in [0.15, 0.2) is 11.4 Å². The minimum atomic E-state index is -0.942. The number of hydrogen-bond donors (Lipinski definition) is 3. The molecule has 0 spiro atoms. The molecule has 1 heterocycles. The fourth-order valence-electron chi connectivity index (χ4n) is 1.36. The van der Waals surface area contributed by atoms with E-state index in [1.54, 1.807) is 6.07 Å². The van der Waals surface area contributed by atoms with Gasteiger partial charge in [0.1, 0.15) is 6.04 Å². The highest BCUT2D eigenvalue weighted by Crippen LogP contribution is 2.13. The Bertz CT molecular complexity index is 470. The van der Waals surface area contributed by atoms with Gasteiger partial charge in [-0.3, -0.25) is 14.4 Å². The Kier molecular flexibility index (Phi) is 4.85. The van der Waals surface area contributed by atoms with Gasteiger partial charge in [-0.15, -0.1) is 11.3 Å². The van der Waals surface area contributed by atoms with Gasteiger partial charge in [-0.1, -0.05) is 0 Å². The lowest BCUT2D eigenvalue weighted by molar-refractivity contribution is -0.126. The molecule has 1 aromatic heterocycles. The van der Waals surface area contributed by atoms with E-state index in [-0.39, 0.29) is 12.3 Å². The van der Waals surface area contributed by atoms with Crippen LogP contribution < -0.4 is 16.4 Å². The molecule has 0 saturated heterocycles. The number of rotatable bonds is 5. The van der Waals surface area contributed by atoms with Gasteiger partial charge in [0.2, 0.25) is 11.8 Å². The summed E-state index contributed by atoms with van der Waals surface area (Å²) in [5.74, 6) is -1.48. The lowest BCUT2D eigenvalue weighted by Gasteiger charge is -2.14. The Labute approximate surface area is 109 Å². The van der Waals surface area contributed by atoms with E-state index in [0.29, 0.717) is 4.88 Å². The smallest absolute Gasteiger partial charge is 0.262 e. The Morgan fingerprint density at radius 3 is 2.56 bits per heavy atom. The molecule has 1 aromatic rings. The van der Waals surface area contributed by atoms with Crippen LogP contribution in [0.1, 0.15) is 21.7 Å².